The van der Waals surface area contributed by atoms with Crippen LogP contribution < -0.4 is 0 Å². The van der Waals surface area contributed by atoms with E-state index in [-0.39, 0.29) is 0 Å². The van der Waals surface area contributed by atoms with Gasteiger partial charge in [-0.1, -0.05) is 45.4 Å². The van der Waals surface area contributed by atoms with Crippen LogP contribution in [-0.4, -0.2) is 18.5 Å². The van der Waals surface area contributed by atoms with E-state index < -0.39 is 0 Å². The lowest BCUT2D eigenvalue weighted by Gasteiger charge is -2.14. The predicted molar refractivity (Wildman–Crippen MR) is 68.7 cm³/mol. The molecule has 0 nitrogen and oxygen atoms in total. The summed E-state index contributed by atoms with van der Waals surface area (Å²) in [4.78, 5) is 0. The molecule has 0 aromatic rings. The van der Waals surface area contributed by atoms with Crippen molar-refractivity contribution in [1.82, 2.24) is 0 Å². The van der Waals surface area contributed by atoms with Gasteiger partial charge in [-0.25, -0.2) is 0 Å². The molecule has 84 valence electrons. The Hall–Kier alpha value is 0.430. The van der Waals surface area contributed by atoms with E-state index in [1.165, 1.54) is 44.9 Å². The van der Waals surface area contributed by atoms with Gasteiger partial charge in [0.05, 0.1) is 0 Å². The minimum absolute atomic E-state index is 0.481. The van der Waals surface area contributed by atoms with Gasteiger partial charge in [0.1, 0.15) is 0 Å². The number of rotatable bonds is 6. The van der Waals surface area contributed by atoms with Crippen LogP contribution >= 0.6 is 7.92 Å². The Kier molecular flexibility index (Phi) is 7.78. The summed E-state index contributed by atoms with van der Waals surface area (Å²) in [5.74, 6) is 0. The van der Waals surface area contributed by atoms with Crippen LogP contribution in [0.5, 0.6) is 0 Å². The topological polar surface area (TPSA) is 0 Å². The molecule has 1 rings (SSSR count). The van der Waals surface area contributed by atoms with Crippen molar-refractivity contribution in [3.05, 3.63) is 0 Å². The van der Waals surface area contributed by atoms with Gasteiger partial charge in [-0.3, -0.25) is 0 Å². The summed E-state index contributed by atoms with van der Waals surface area (Å²) >= 11 is 0. The van der Waals surface area contributed by atoms with E-state index in [4.69, 9.17) is 0 Å². The summed E-state index contributed by atoms with van der Waals surface area (Å²) < 4.78 is 0. The van der Waals surface area contributed by atoms with Crippen LogP contribution in [0.4, 0.5) is 0 Å². The molecule has 1 saturated heterocycles. The molecule has 1 aliphatic heterocycles. The van der Waals surface area contributed by atoms with Crippen LogP contribution in [0.2, 0.25) is 0 Å². The first-order valence-corrected chi connectivity index (χ1v) is 8.55. The third kappa shape index (κ3) is 6.02. The normalized spacial score (nSPS) is 19.5. The van der Waals surface area contributed by atoms with Crippen molar-refractivity contribution in [3.8, 4) is 0 Å². The van der Waals surface area contributed by atoms with E-state index in [2.05, 4.69) is 6.92 Å². The molecule has 0 spiro atoms. The molecule has 1 heteroatoms. The monoisotopic (exact) mass is 214 g/mol. The van der Waals surface area contributed by atoms with Gasteiger partial charge in [0.25, 0.3) is 0 Å². The second-order valence-electron chi connectivity index (χ2n) is 4.67. The summed E-state index contributed by atoms with van der Waals surface area (Å²) in [5.41, 5.74) is 0. The van der Waals surface area contributed by atoms with Crippen LogP contribution in [-0.2, 0) is 0 Å². The minimum atomic E-state index is 0.481. The van der Waals surface area contributed by atoms with Crippen LogP contribution in [0, 0.1) is 0 Å². The lowest BCUT2D eigenvalue weighted by molar-refractivity contribution is 0.658. The van der Waals surface area contributed by atoms with E-state index in [1.54, 1.807) is 31.3 Å². The highest BCUT2D eigenvalue weighted by atomic mass is 31.1. The van der Waals surface area contributed by atoms with Gasteiger partial charge in [-0.2, -0.15) is 0 Å². The summed E-state index contributed by atoms with van der Waals surface area (Å²) in [6, 6.07) is 0. The molecule has 0 amide bonds. The minimum Gasteiger partial charge on any atom is -0.107 e. The Morgan fingerprint density at radius 3 is 2.07 bits per heavy atom. The molecule has 0 atom stereocenters. The van der Waals surface area contributed by atoms with Crippen molar-refractivity contribution in [3.63, 3.8) is 0 Å². The van der Waals surface area contributed by atoms with Crippen molar-refractivity contribution >= 4 is 7.92 Å². The maximum atomic E-state index is 2.30. The average molecular weight is 214 g/mol. The zero-order valence-electron chi connectivity index (χ0n) is 9.93. The van der Waals surface area contributed by atoms with E-state index in [0.717, 1.165) is 0 Å². The van der Waals surface area contributed by atoms with E-state index in [9.17, 15) is 0 Å². The average Bonchev–Trinajstić information content (AvgIpc) is 2.46. The first-order chi connectivity index (χ1) is 6.93. The fourth-order valence-corrected chi connectivity index (χ4v) is 4.98. The Morgan fingerprint density at radius 1 is 0.786 bits per heavy atom. The predicted octanol–water partition coefficient (Wildman–Crippen LogP) is 5.01. The van der Waals surface area contributed by atoms with Gasteiger partial charge in [-0.15, -0.1) is 7.92 Å². The third-order valence-electron chi connectivity index (χ3n) is 3.28. The summed E-state index contributed by atoms with van der Waals surface area (Å²) in [7, 11) is 0.481. The lowest BCUT2D eigenvalue weighted by Crippen LogP contribution is -1.92. The Morgan fingerprint density at radius 2 is 1.43 bits per heavy atom. The van der Waals surface area contributed by atoms with Gasteiger partial charge < -0.3 is 0 Å². The van der Waals surface area contributed by atoms with Gasteiger partial charge in [0, 0.05) is 0 Å². The molecule has 14 heavy (non-hydrogen) atoms. The van der Waals surface area contributed by atoms with Crippen molar-refractivity contribution in [2.45, 2.75) is 64.7 Å². The third-order valence-corrected chi connectivity index (χ3v) is 6.12. The van der Waals surface area contributed by atoms with Gasteiger partial charge >= 0.3 is 0 Å². The van der Waals surface area contributed by atoms with Gasteiger partial charge in [0.15, 0.2) is 0 Å². The standard InChI is InChI=1S/C13H27P/c1-2-3-4-5-8-11-14-12-9-6-7-10-13-14/h2-13H2,1H3. The highest BCUT2D eigenvalue weighted by molar-refractivity contribution is 7.57. The molecule has 0 N–H and O–H groups in total. The van der Waals surface area contributed by atoms with E-state index >= 15 is 0 Å². The second-order valence-corrected chi connectivity index (χ2v) is 7.35. The smallest absolute Gasteiger partial charge is 0.0326 e. The fourth-order valence-electron chi connectivity index (χ4n) is 2.30. The first kappa shape index (κ1) is 12.5. The molecule has 0 saturated carbocycles. The zero-order valence-corrected chi connectivity index (χ0v) is 10.8. The maximum absolute atomic E-state index is 2.30. The molecule has 1 heterocycles. The molecule has 0 unspecified atom stereocenters. The summed E-state index contributed by atoms with van der Waals surface area (Å²) in [6.07, 6.45) is 18.3. The molecular weight excluding hydrogens is 187 g/mol. The van der Waals surface area contributed by atoms with Crippen LogP contribution in [0.1, 0.15) is 64.7 Å². The first-order valence-electron chi connectivity index (χ1n) is 6.66. The zero-order chi connectivity index (χ0) is 10.1. The molecule has 0 aromatic heterocycles. The highest BCUT2D eigenvalue weighted by Crippen LogP contribution is 2.41. The number of hydrogen-bond donors (Lipinski definition) is 0. The Balaban J connectivity index is 1.93. The van der Waals surface area contributed by atoms with Crippen molar-refractivity contribution in [2.24, 2.45) is 0 Å². The Bertz CT molecular complexity index is 114. The summed E-state index contributed by atoms with van der Waals surface area (Å²) in [5, 5.41) is 0. The fraction of sp³-hybridized carbons (Fsp3) is 1.00. The van der Waals surface area contributed by atoms with Gasteiger partial charge in [0.2, 0.25) is 0 Å². The number of unbranched alkanes of at least 4 members (excludes halogenated alkanes) is 4. The van der Waals surface area contributed by atoms with Crippen molar-refractivity contribution in [1.29, 1.82) is 0 Å². The highest BCUT2D eigenvalue weighted by Gasteiger charge is 2.10. The molecule has 1 aliphatic rings. The van der Waals surface area contributed by atoms with Crippen LogP contribution in [0.3, 0.4) is 0 Å². The Labute approximate surface area is 91.6 Å². The lowest BCUT2D eigenvalue weighted by atomic mass is 10.2. The largest absolute Gasteiger partial charge is 0.107 e. The molecule has 0 bridgehead atoms. The number of hydrogen-bond acceptors (Lipinski definition) is 0. The molecular formula is C13H27P. The van der Waals surface area contributed by atoms with E-state index in [1.807, 2.05) is 0 Å². The van der Waals surface area contributed by atoms with Crippen molar-refractivity contribution < 1.29 is 0 Å². The molecule has 0 aliphatic carbocycles. The molecule has 0 radical (unpaired) electrons. The quantitative estimate of drug-likeness (QED) is 0.430. The van der Waals surface area contributed by atoms with Crippen molar-refractivity contribution in [2.75, 3.05) is 18.5 Å². The maximum Gasteiger partial charge on any atom is -0.0326 e. The second kappa shape index (κ2) is 8.72. The van der Waals surface area contributed by atoms with Crippen LogP contribution in [0.15, 0.2) is 0 Å². The van der Waals surface area contributed by atoms with Crippen LogP contribution in [0.25, 0.3) is 0 Å². The van der Waals surface area contributed by atoms with Gasteiger partial charge in [-0.05, 0) is 37.7 Å². The summed E-state index contributed by atoms with van der Waals surface area (Å²) in [6.45, 7) is 2.30. The van der Waals surface area contributed by atoms with E-state index in [0.29, 0.717) is 7.92 Å². The SMILES string of the molecule is CCCCCCCP1CCCCCC1. The molecule has 1 fully saturated rings. The molecule has 0 aromatic carbocycles.